The molecule has 0 radical (unpaired) electrons. The monoisotopic (exact) mass is 457 g/mol. The number of aliphatic hydroxyl groups is 1. The molecule has 0 saturated heterocycles. The molecule has 1 aliphatic heterocycles. The highest BCUT2D eigenvalue weighted by Crippen LogP contribution is 2.38. The van der Waals surface area contributed by atoms with Gasteiger partial charge in [0.05, 0.1) is 6.61 Å². The van der Waals surface area contributed by atoms with Crippen LogP contribution < -0.4 is 4.74 Å². The third-order valence-corrected chi connectivity index (χ3v) is 5.21. The van der Waals surface area contributed by atoms with Crippen LogP contribution in [0.25, 0.3) is 16.7 Å². The predicted molar refractivity (Wildman–Crippen MR) is 122 cm³/mol. The Balaban J connectivity index is 2.19. The number of hydrogen-bond donors (Lipinski definition) is 2. The van der Waals surface area contributed by atoms with E-state index in [0.717, 1.165) is 17.8 Å². The topological polar surface area (TPSA) is 88.3 Å². The smallest absolute Gasteiger partial charge is 0.341 e. The summed E-state index contributed by atoms with van der Waals surface area (Å²) < 4.78 is 39.7. The Morgan fingerprint density at radius 2 is 1.94 bits per heavy atom. The molecule has 0 fully saturated rings. The number of fused-ring (bicyclic) bond motifs is 1. The van der Waals surface area contributed by atoms with Gasteiger partial charge in [-0.05, 0) is 54.3 Å². The molecular weight excluding hydrogens is 432 g/mol. The van der Waals surface area contributed by atoms with Gasteiger partial charge in [0.1, 0.15) is 17.1 Å². The Morgan fingerprint density at radius 3 is 2.67 bits per heavy atom. The maximum atomic E-state index is 14.7. The highest BCUT2D eigenvalue weighted by Gasteiger charge is 2.20. The van der Waals surface area contributed by atoms with Crippen LogP contribution in [0.2, 0.25) is 0 Å². The number of aliphatic hydroxyl groups excluding tert-OH is 1. The van der Waals surface area contributed by atoms with Crippen molar-refractivity contribution in [2.75, 3.05) is 26.9 Å². The fourth-order valence-corrected chi connectivity index (χ4v) is 3.56. The summed E-state index contributed by atoms with van der Waals surface area (Å²) in [5.74, 6) is -3.35. The van der Waals surface area contributed by atoms with Crippen molar-refractivity contribution in [1.29, 1.82) is 0 Å². The zero-order chi connectivity index (χ0) is 24.0. The molecule has 33 heavy (non-hydrogen) atoms. The number of nitrogens with zero attached hydrogens (tertiary/aromatic N) is 1. The van der Waals surface area contributed by atoms with Crippen LogP contribution >= 0.6 is 0 Å². The lowest BCUT2D eigenvalue weighted by Crippen LogP contribution is -2.08. The Labute approximate surface area is 190 Å². The zero-order valence-electron chi connectivity index (χ0n) is 18.4. The van der Waals surface area contributed by atoms with E-state index in [4.69, 9.17) is 9.47 Å². The standard InChI is InChI=1S/C25H25F2NO5/c1-15-11-22(29)20(25(30)31)14-28-8-7-16-12-23(33-10-4-9-32-2)19(13-18(15)16)17-5-3-6-21(26)24(17)27/h3,5-6,11-14,29H,4,7-10H2,1-2H3,(H,30,31)/b15-11+,22-20?,28-14?. The van der Waals surface area contributed by atoms with Gasteiger partial charge in [-0.25, -0.2) is 13.6 Å². The van der Waals surface area contributed by atoms with Crippen molar-refractivity contribution in [3.8, 4) is 16.9 Å². The van der Waals surface area contributed by atoms with Gasteiger partial charge in [-0.15, -0.1) is 0 Å². The van der Waals surface area contributed by atoms with Crippen LogP contribution in [0.3, 0.4) is 0 Å². The van der Waals surface area contributed by atoms with E-state index in [-0.39, 0.29) is 17.7 Å². The second-order valence-electron chi connectivity index (χ2n) is 7.52. The lowest BCUT2D eigenvalue weighted by Gasteiger charge is -2.19. The fraction of sp³-hybridized carbons (Fsp3) is 0.280. The molecule has 2 aromatic carbocycles. The normalized spacial score (nSPS) is 15.6. The van der Waals surface area contributed by atoms with E-state index in [1.807, 2.05) is 0 Å². The number of hydrogen-bond acceptors (Lipinski definition) is 5. The van der Waals surface area contributed by atoms with Crippen LogP contribution in [0.15, 0.2) is 52.7 Å². The third-order valence-electron chi connectivity index (χ3n) is 5.21. The molecule has 1 aliphatic rings. The Hall–Kier alpha value is -3.52. The van der Waals surface area contributed by atoms with Crippen molar-refractivity contribution in [3.63, 3.8) is 0 Å². The summed E-state index contributed by atoms with van der Waals surface area (Å²) in [4.78, 5) is 15.6. The van der Waals surface area contributed by atoms with Crippen molar-refractivity contribution >= 4 is 17.8 Å². The van der Waals surface area contributed by atoms with E-state index >= 15 is 0 Å². The van der Waals surface area contributed by atoms with E-state index in [2.05, 4.69) is 4.99 Å². The SMILES string of the molecule is COCCCOc1cc2c(cc1-c1cccc(F)c1F)/C(C)=C/C(O)=C(C(=O)O)C=NCC2. The largest absolute Gasteiger partial charge is 0.507 e. The van der Waals surface area contributed by atoms with Gasteiger partial charge < -0.3 is 19.7 Å². The molecule has 0 aromatic heterocycles. The molecule has 0 bridgehead atoms. The molecule has 2 aromatic rings. The number of carboxylic acids is 1. The average molecular weight is 457 g/mol. The molecule has 6 nitrogen and oxygen atoms in total. The van der Waals surface area contributed by atoms with E-state index in [1.54, 1.807) is 26.2 Å². The number of aliphatic carboxylic acids is 1. The summed E-state index contributed by atoms with van der Waals surface area (Å²) in [5, 5.41) is 19.7. The number of allylic oxidation sites excluding steroid dienone is 2. The predicted octanol–water partition coefficient (Wildman–Crippen LogP) is 4.97. The van der Waals surface area contributed by atoms with Gasteiger partial charge in [0.15, 0.2) is 11.6 Å². The minimum Gasteiger partial charge on any atom is -0.507 e. The molecule has 0 aliphatic carbocycles. The lowest BCUT2D eigenvalue weighted by atomic mass is 9.91. The molecule has 0 spiro atoms. The highest BCUT2D eigenvalue weighted by molar-refractivity contribution is 6.09. The number of carbonyl (C=O) groups is 1. The Kier molecular flexibility index (Phi) is 7.95. The zero-order valence-corrected chi connectivity index (χ0v) is 18.4. The first-order valence-corrected chi connectivity index (χ1v) is 10.4. The molecule has 0 saturated carbocycles. The molecule has 0 unspecified atom stereocenters. The van der Waals surface area contributed by atoms with Crippen molar-refractivity contribution in [3.05, 3.63) is 70.5 Å². The minimum absolute atomic E-state index is 0.0356. The first kappa shape index (κ1) is 24.1. The summed E-state index contributed by atoms with van der Waals surface area (Å²) >= 11 is 0. The number of ether oxygens (including phenoxy) is 2. The fourth-order valence-electron chi connectivity index (χ4n) is 3.56. The average Bonchev–Trinajstić information content (AvgIpc) is 2.77. The van der Waals surface area contributed by atoms with Gasteiger partial charge in [-0.2, -0.15) is 0 Å². The second-order valence-corrected chi connectivity index (χ2v) is 7.52. The number of benzene rings is 2. The summed E-state index contributed by atoms with van der Waals surface area (Å²) in [5.41, 5.74) is 2.07. The van der Waals surface area contributed by atoms with E-state index in [1.165, 1.54) is 18.2 Å². The van der Waals surface area contributed by atoms with Gasteiger partial charge >= 0.3 is 5.97 Å². The molecule has 174 valence electrons. The Bertz CT molecular complexity index is 1140. The number of halogens is 2. The van der Waals surface area contributed by atoms with Gasteiger partial charge in [0.25, 0.3) is 0 Å². The van der Waals surface area contributed by atoms with Crippen LogP contribution in [0.4, 0.5) is 8.78 Å². The molecule has 1 heterocycles. The quantitative estimate of drug-likeness (QED) is 0.573. The van der Waals surface area contributed by atoms with Crippen LogP contribution in [0, 0.1) is 11.6 Å². The molecule has 3 rings (SSSR count). The lowest BCUT2D eigenvalue weighted by molar-refractivity contribution is -0.132. The number of rotatable bonds is 7. The van der Waals surface area contributed by atoms with Crippen LogP contribution in [0.5, 0.6) is 5.75 Å². The Morgan fingerprint density at radius 1 is 1.15 bits per heavy atom. The van der Waals surface area contributed by atoms with Gasteiger partial charge in [0, 0.05) is 44.0 Å². The van der Waals surface area contributed by atoms with Crippen LogP contribution in [0.1, 0.15) is 24.5 Å². The van der Waals surface area contributed by atoms with E-state index in [0.29, 0.717) is 48.5 Å². The molecule has 0 atom stereocenters. The van der Waals surface area contributed by atoms with Crippen molar-refractivity contribution in [2.24, 2.45) is 4.99 Å². The van der Waals surface area contributed by atoms with E-state index < -0.39 is 23.4 Å². The first-order chi connectivity index (χ1) is 15.8. The van der Waals surface area contributed by atoms with Crippen LogP contribution in [-0.2, 0) is 16.0 Å². The van der Waals surface area contributed by atoms with Crippen molar-refractivity contribution in [2.45, 2.75) is 19.8 Å². The molecule has 8 heteroatoms. The third kappa shape index (κ3) is 5.64. The van der Waals surface area contributed by atoms with Gasteiger partial charge in [-0.3, -0.25) is 4.99 Å². The van der Waals surface area contributed by atoms with Gasteiger partial charge in [-0.1, -0.05) is 12.1 Å². The molecule has 2 N–H and O–H groups in total. The van der Waals surface area contributed by atoms with E-state index in [9.17, 15) is 23.8 Å². The minimum atomic E-state index is -1.30. The highest BCUT2D eigenvalue weighted by atomic mass is 19.2. The maximum Gasteiger partial charge on any atom is 0.341 e. The van der Waals surface area contributed by atoms with Crippen molar-refractivity contribution in [1.82, 2.24) is 0 Å². The summed E-state index contributed by atoms with van der Waals surface area (Å²) in [6.45, 7) is 2.77. The number of methoxy groups -OCH3 is 1. The summed E-state index contributed by atoms with van der Waals surface area (Å²) in [6.07, 6.45) is 3.51. The summed E-state index contributed by atoms with van der Waals surface area (Å²) in [6, 6.07) is 7.35. The van der Waals surface area contributed by atoms with Crippen molar-refractivity contribution < 1.29 is 33.3 Å². The van der Waals surface area contributed by atoms with Gasteiger partial charge in [0.2, 0.25) is 0 Å². The first-order valence-electron chi connectivity index (χ1n) is 10.4. The van der Waals surface area contributed by atoms with Crippen LogP contribution in [-0.4, -0.2) is 49.3 Å². The maximum absolute atomic E-state index is 14.7. The number of carboxylic acid groups (broad SMARTS) is 1. The second kappa shape index (κ2) is 10.9. The summed E-state index contributed by atoms with van der Waals surface area (Å²) in [7, 11) is 1.58. The molecule has 0 amide bonds. The number of aliphatic imine (C=N–C) groups is 1. The molecular formula is C25H25F2NO5.